The number of ether oxygens (including phenoxy) is 2. The van der Waals surface area contributed by atoms with Gasteiger partial charge in [0.1, 0.15) is 6.10 Å². The van der Waals surface area contributed by atoms with E-state index in [1.165, 1.54) is 13.2 Å². The van der Waals surface area contributed by atoms with Crippen LogP contribution >= 0.6 is 0 Å². The lowest BCUT2D eigenvalue weighted by atomic mass is 10.3. The fraction of sp³-hybridized carbons (Fsp3) is 0.750. The van der Waals surface area contributed by atoms with Gasteiger partial charge in [-0.3, -0.25) is 0 Å². The van der Waals surface area contributed by atoms with Crippen LogP contribution in [0.1, 0.15) is 6.92 Å². The summed E-state index contributed by atoms with van der Waals surface area (Å²) >= 11 is 0. The van der Waals surface area contributed by atoms with Gasteiger partial charge < -0.3 is 19.7 Å². The Bertz CT molecular complexity index is 124. The van der Waals surface area contributed by atoms with E-state index >= 15 is 0 Å². The van der Waals surface area contributed by atoms with Crippen molar-refractivity contribution in [2.75, 3.05) is 20.3 Å². The second-order valence-corrected chi connectivity index (χ2v) is 2.20. The highest BCUT2D eigenvalue weighted by Crippen LogP contribution is 1.95. The number of aliphatic hydroxyl groups is 2. The molecule has 72 valence electrons. The molecule has 0 aliphatic carbocycles. The molecular weight excluding hydrogens is 160 g/mol. The molecule has 0 saturated heterocycles. The van der Waals surface area contributed by atoms with Crippen molar-refractivity contribution in [3.8, 4) is 0 Å². The first-order valence-electron chi connectivity index (χ1n) is 3.85. The fourth-order valence-electron chi connectivity index (χ4n) is 0.615. The van der Waals surface area contributed by atoms with E-state index in [0.717, 1.165) is 0 Å². The third-order valence-electron chi connectivity index (χ3n) is 1.29. The van der Waals surface area contributed by atoms with E-state index in [0.29, 0.717) is 13.2 Å². The Morgan fingerprint density at radius 2 is 2.08 bits per heavy atom. The van der Waals surface area contributed by atoms with Gasteiger partial charge in [-0.05, 0) is 6.92 Å². The Labute approximate surface area is 72.4 Å². The Morgan fingerprint density at radius 1 is 1.42 bits per heavy atom. The largest absolute Gasteiger partial charge is 0.384 e. The summed E-state index contributed by atoms with van der Waals surface area (Å²) in [5, 5.41) is 18.0. The Kier molecular flexibility index (Phi) is 6.99. The maximum Gasteiger partial charge on any atom is 0.184 e. The number of aliphatic hydroxyl groups excluding tert-OH is 2. The fourth-order valence-corrected chi connectivity index (χ4v) is 0.615. The highest BCUT2D eigenvalue weighted by molar-refractivity contribution is 4.89. The SMILES string of the molecule is CCOCC=CC(O)C(O)OC. The quantitative estimate of drug-likeness (QED) is 0.337. The minimum atomic E-state index is -1.16. The molecule has 2 unspecified atom stereocenters. The van der Waals surface area contributed by atoms with E-state index in [-0.39, 0.29) is 0 Å². The zero-order chi connectivity index (χ0) is 9.40. The lowest BCUT2D eigenvalue weighted by Crippen LogP contribution is -2.25. The van der Waals surface area contributed by atoms with Crippen molar-refractivity contribution in [1.29, 1.82) is 0 Å². The topological polar surface area (TPSA) is 58.9 Å². The van der Waals surface area contributed by atoms with Crippen molar-refractivity contribution < 1.29 is 19.7 Å². The molecule has 2 N–H and O–H groups in total. The third-order valence-corrected chi connectivity index (χ3v) is 1.29. The van der Waals surface area contributed by atoms with Crippen LogP contribution in [0.5, 0.6) is 0 Å². The van der Waals surface area contributed by atoms with Crippen LogP contribution in [0.25, 0.3) is 0 Å². The van der Waals surface area contributed by atoms with Gasteiger partial charge in [-0.15, -0.1) is 0 Å². The molecule has 0 aromatic heterocycles. The smallest absolute Gasteiger partial charge is 0.184 e. The molecule has 2 atom stereocenters. The summed E-state index contributed by atoms with van der Waals surface area (Å²) in [5.41, 5.74) is 0. The number of hydrogen-bond donors (Lipinski definition) is 2. The summed E-state index contributed by atoms with van der Waals surface area (Å²) in [5.74, 6) is 0. The van der Waals surface area contributed by atoms with Crippen molar-refractivity contribution in [2.45, 2.75) is 19.3 Å². The van der Waals surface area contributed by atoms with Gasteiger partial charge >= 0.3 is 0 Å². The predicted octanol–water partition coefficient (Wildman–Crippen LogP) is -0.0952. The van der Waals surface area contributed by atoms with Crippen molar-refractivity contribution in [3.05, 3.63) is 12.2 Å². The predicted molar refractivity (Wildman–Crippen MR) is 44.7 cm³/mol. The van der Waals surface area contributed by atoms with Crippen LogP contribution in [0.3, 0.4) is 0 Å². The maximum atomic E-state index is 9.10. The van der Waals surface area contributed by atoms with Crippen LogP contribution in [0.4, 0.5) is 0 Å². The molecule has 0 aromatic carbocycles. The molecule has 0 saturated carbocycles. The highest BCUT2D eigenvalue weighted by atomic mass is 16.6. The van der Waals surface area contributed by atoms with Crippen molar-refractivity contribution in [3.63, 3.8) is 0 Å². The molecular formula is C8H16O4. The standard InChI is InChI=1S/C8H16O4/c1-3-12-6-4-5-7(9)8(10)11-2/h4-5,7-10H,3,6H2,1-2H3. The van der Waals surface area contributed by atoms with Gasteiger partial charge in [-0.25, -0.2) is 0 Å². The van der Waals surface area contributed by atoms with Gasteiger partial charge in [0.15, 0.2) is 6.29 Å². The van der Waals surface area contributed by atoms with Crippen LogP contribution in [-0.2, 0) is 9.47 Å². The molecule has 0 heterocycles. The van der Waals surface area contributed by atoms with Crippen LogP contribution in [0.15, 0.2) is 12.2 Å². The maximum absolute atomic E-state index is 9.10. The Hall–Kier alpha value is -0.420. The summed E-state index contributed by atoms with van der Waals surface area (Å²) < 4.78 is 9.46. The monoisotopic (exact) mass is 176 g/mol. The molecule has 0 bridgehead atoms. The van der Waals surface area contributed by atoms with Crippen LogP contribution in [-0.4, -0.2) is 42.9 Å². The van der Waals surface area contributed by atoms with Gasteiger partial charge in [0.05, 0.1) is 6.61 Å². The zero-order valence-corrected chi connectivity index (χ0v) is 7.43. The second-order valence-electron chi connectivity index (χ2n) is 2.20. The molecule has 0 aliphatic heterocycles. The van der Waals surface area contributed by atoms with Crippen LogP contribution < -0.4 is 0 Å². The van der Waals surface area contributed by atoms with Crippen LogP contribution in [0.2, 0.25) is 0 Å². The van der Waals surface area contributed by atoms with Crippen LogP contribution in [0, 0.1) is 0 Å². The Balaban J connectivity index is 3.52. The lowest BCUT2D eigenvalue weighted by molar-refractivity contribution is -0.128. The average Bonchev–Trinajstić information content (AvgIpc) is 2.10. The molecule has 0 amide bonds. The van der Waals surface area contributed by atoms with Crippen molar-refractivity contribution in [1.82, 2.24) is 0 Å². The van der Waals surface area contributed by atoms with Crippen molar-refractivity contribution in [2.24, 2.45) is 0 Å². The van der Waals surface area contributed by atoms with Gasteiger partial charge in [0.25, 0.3) is 0 Å². The first kappa shape index (κ1) is 11.6. The van der Waals surface area contributed by atoms with Gasteiger partial charge in [0, 0.05) is 13.7 Å². The molecule has 0 aliphatic rings. The first-order valence-corrected chi connectivity index (χ1v) is 3.85. The third kappa shape index (κ3) is 5.26. The van der Waals surface area contributed by atoms with E-state index in [4.69, 9.17) is 14.9 Å². The van der Waals surface area contributed by atoms with Crippen molar-refractivity contribution >= 4 is 0 Å². The van der Waals surface area contributed by atoms with E-state index in [9.17, 15) is 0 Å². The van der Waals surface area contributed by atoms with E-state index in [1.807, 2.05) is 6.92 Å². The average molecular weight is 176 g/mol. The van der Waals surface area contributed by atoms with Gasteiger partial charge in [0.2, 0.25) is 0 Å². The van der Waals surface area contributed by atoms with E-state index < -0.39 is 12.4 Å². The number of rotatable bonds is 6. The molecule has 0 rings (SSSR count). The molecule has 0 fully saturated rings. The summed E-state index contributed by atoms with van der Waals surface area (Å²) in [7, 11) is 1.32. The molecule has 4 nitrogen and oxygen atoms in total. The molecule has 0 aromatic rings. The minimum absolute atomic E-state index is 0.435. The molecule has 12 heavy (non-hydrogen) atoms. The van der Waals surface area contributed by atoms with E-state index in [1.54, 1.807) is 6.08 Å². The lowest BCUT2D eigenvalue weighted by Gasteiger charge is -2.11. The number of hydrogen-bond acceptors (Lipinski definition) is 4. The normalized spacial score (nSPS) is 16.7. The summed E-state index contributed by atoms with van der Waals surface area (Å²) in [6.07, 6.45) is 0.915. The highest BCUT2D eigenvalue weighted by Gasteiger charge is 2.10. The molecule has 0 radical (unpaired) electrons. The van der Waals surface area contributed by atoms with E-state index in [2.05, 4.69) is 4.74 Å². The Morgan fingerprint density at radius 3 is 2.58 bits per heavy atom. The summed E-state index contributed by atoms with van der Waals surface area (Å²) in [6.45, 7) is 2.95. The van der Waals surface area contributed by atoms with Gasteiger partial charge in [-0.1, -0.05) is 12.2 Å². The minimum Gasteiger partial charge on any atom is -0.384 e. The van der Waals surface area contributed by atoms with Gasteiger partial charge in [-0.2, -0.15) is 0 Å². The second kappa shape index (κ2) is 7.24. The molecule has 4 heteroatoms. The zero-order valence-electron chi connectivity index (χ0n) is 7.43. The first-order chi connectivity index (χ1) is 5.72. The summed E-state index contributed by atoms with van der Waals surface area (Å²) in [4.78, 5) is 0. The number of methoxy groups -OCH3 is 1. The molecule has 0 spiro atoms. The summed E-state index contributed by atoms with van der Waals surface area (Å²) in [6, 6.07) is 0.